The van der Waals surface area contributed by atoms with Crippen molar-refractivity contribution in [1.82, 2.24) is 14.4 Å². The first-order chi connectivity index (χ1) is 8.88. The molecule has 0 bridgehead atoms. The highest BCUT2D eigenvalue weighted by molar-refractivity contribution is 5.78. The Morgan fingerprint density at radius 3 is 2.94 bits per heavy atom. The molecule has 0 aliphatic heterocycles. The minimum atomic E-state index is 0.282. The third kappa shape index (κ3) is 1.71. The van der Waals surface area contributed by atoms with Crippen molar-refractivity contribution in [1.29, 1.82) is 0 Å². The Kier molecular flexibility index (Phi) is 2.49. The van der Waals surface area contributed by atoms with Crippen LogP contribution in [0.3, 0.4) is 0 Å². The van der Waals surface area contributed by atoms with Crippen molar-refractivity contribution in [2.75, 3.05) is 0 Å². The first-order valence-corrected chi connectivity index (χ1v) is 5.38. The Morgan fingerprint density at radius 2 is 2.17 bits per heavy atom. The molecule has 18 heavy (non-hydrogen) atoms. The van der Waals surface area contributed by atoms with Gasteiger partial charge < -0.3 is 4.74 Å². The lowest BCUT2D eigenvalue weighted by Crippen LogP contribution is -1.92. The summed E-state index contributed by atoms with van der Waals surface area (Å²) in [5, 5.41) is 0. The molecule has 0 saturated carbocycles. The fraction of sp³-hybridized carbons (Fsp3) is 0. The minimum absolute atomic E-state index is 0.282. The zero-order chi connectivity index (χ0) is 12.4. The summed E-state index contributed by atoms with van der Waals surface area (Å²) in [5.41, 5.74) is 1.05. The van der Waals surface area contributed by atoms with Crippen LogP contribution in [0.5, 0.6) is 11.6 Å². The molecule has 0 saturated heterocycles. The summed E-state index contributed by atoms with van der Waals surface area (Å²) in [6.45, 7) is 0. The number of nitrogens with zero attached hydrogens (tertiary/aromatic N) is 3. The number of imidazole rings is 1. The number of pyridine rings is 2. The molecule has 0 aliphatic rings. The lowest BCUT2D eigenvalue weighted by Gasteiger charge is -2.01. The Bertz CT molecular complexity index is 692. The summed E-state index contributed by atoms with van der Waals surface area (Å²) in [7, 11) is 0. The molecule has 3 rings (SSSR count). The summed E-state index contributed by atoms with van der Waals surface area (Å²) in [5.74, 6) is 0.827. The summed E-state index contributed by atoms with van der Waals surface area (Å²) < 4.78 is 7.24. The highest BCUT2D eigenvalue weighted by atomic mass is 16.5. The number of fused-ring (bicyclic) bond motifs is 1. The number of aldehydes is 1. The molecule has 0 fully saturated rings. The van der Waals surface area contributed by atoms with Crippen LogP contribution in [-0.4, -0.2) is 20.7 Å². The second-order valence-corrected chi connectivity index (χ2v) is 3.64. The number of hydrogen-bond donors (Lipinski definition) is 0. The van der Waals surface area contributed by atoms with E-state index in [1.54, 1.807) is 35.1 Å². The van der Waals surface area contributed by atoms with E-state index >= 15 is 0 Å². The van der Waals surface area contributed by atoms with E-state index in [0.29, 0.717) is 17.1 Å². The van der Waals surface area contributed by atoms with Gasteiger partial charge in [0.25, 0.3) is 0 Å². The Morgan fingerprint density at radius 1 is 1.22 bits per heavy atom. The maximum Gasteiger partial charge on any atom is 0.249 e. The van der Waals surface area contributed by atoms with Crippen LogP contribution in [0.15, 0.2) is 48.9 Å². The molecule has 0 amide bonds. The average molecular weight is 239 g/mol. The number of ether oxygens (including phenoxy) is 1. The number of hydrogen-bond acceptors (Lipinski definition) is 4. The maximum atomic E-state index is 11.1. The highest BCUT2D eigenvalue weighted by Gasteiger charge is 2.12. The molecule has 3 heterocycles. The Labute approximate surface area is 103 Å². The van der Waals surface area contributed by atoms with Crippen LogP contribution in [0.25, 0.3) is 5.65 Å². The van der Waals surface area contributed by atoms with E-state index in [0.717, 1.165) is 6.29 Å². The van der Waals surface area contributed by atoms with E-state index in [1.807, 2.05) is 18.2 Å². The quantitative estimate of drug-likeness (QED) is 0.658. The molecule has 0 N–H and O–H groups in total. The third-order valence-corrected chi connectivity index (χ3v) is 2.49. The lowest BCUT2D eigenvalue weighted by molar-refractivity contribution is 0.111. The number of aromatic nitrogens is 3. The zero-order valence-electron chi connectivity index (χ0n) is 9.35. The second kappa shape index (κ2) is 4.29. The fourth-order valence-corrected chi connectivity index (χ4v) is 1.69. The van der Waals surface area contributed by atoms with E-state index in [9.17, 15) is 4.79 Å². The van der Waals surface area contributed by atoms with Gasteiger partial charge in [-0.3, -0.25) is 14.2 Å². The van der Waals surface area contributed by atoms with E-state index in [4.69, 9.17) is 4.74 Å². The third-order valence-electron chi connectivity index (χ3n) is 2.49. The SMILES string of the molecule is O=Cc1c(Oc2cccnc2)nc2ccccn12. The van der Waals surface area contributed by atoms with Gasteiger partial charge in [-0.1, -0.05) is 6.07 Å². The first-order valence-electron chi connectivity index (χ1n) is 5.38. The van der Waals surface area contributed by atoms with Gasteiger partial charge in [0.1, 0.15) is 11.4 Å². The van der Waals surface area contributed by atoms with Gasteiger partial charge in [0.2, 0.25) is 5.88 Å². The molecule has 0 unspecified atom stereocenters. The summed E-state index contributed by atoms with van der Waals surface area (Å²) >= 11 is 0. The van der Waals surface area contributed by atoms with Crippen LogP contribution in [0, 0.1) is 0 Å². The summed E-state index contributed by atoms with van der Waals surface area (Å²) in [4.78, 5) is 19.3. The standard InChI is InChI=1S/C13H9N3O2/c17-9-11-13(18-10-4-3-6-14-8-10)15-12-5-1-2-7-16(11)12/h1-9H. The van der Waals surface area contributed by atoms with Crippen molar-refractivity contribution in [3.8, 4) is 11.6 Å². The molecule has 0 aliphatic carbocycles. The van der Waals surface area contributed by atoms with Crippen LogP contribution in [0.1, 0.15) is 10.5 Å². The molecule has 0 radical (unpaired) electrons. The summed E-state index contributed by atoms with van der Waals surface area (Å²) in [6, 6.07) is 9.00. The topological polar surface area (TPSA) is 56.5 Å². The van der Waals surface area contributed by atoms with E-state index in [1.165, 1.54) is 0 Å². The lowest BCUT2D eigenvalue weighted by atomic mass is 10.4. The van der Waals surface area contributed by atoms with Gasteiger partial charge >= 0.3 is 0 Å². The number of carbonyl (C=O) groups excluding carboxylic acids is 1. The van der Waals surface area contributed by atoms with E-state index in [-0.39, 0.29) is 5.88 Å². The normalized spacial score (nSPS) is 10.4. The maximum absolute atomic E-state index is 11.1. The fourth-order valence-electron chi connectivity index (χ4n) is 1.69. The average Bonchev–Trinajstić information content (AvgIpc) is 2.77. The second-order valence-electron chi connectivity index (χ2n) is 3.64. The monoisotopic (exact) mass is 239 g/mol. The molecule has 0 spiro atoms. The molecule has 5 heteroatoms. The van der Waals surface area contributed by atoms with Crippen molar-refractivity contribution in [3.63, 3.8) is 0 Å². The largest absolute Gasteiger partial charge is 0.435 e. The van der Waals surface area contributed by atoms with Gasteiger partial charge in [0, 0.05) is 12.4 Å². The molecule has 0 atom stereocenters. The molecule has 5 nitrogen and oxygen atoms in total. The Hall–Kier alpha value is -2.69. The van der Waals surface area contributed by atoms with Crippen molar-refractivity contribution >= 4 is 11.9 Å². The van der Waals surface area contributed by atoms with Gasteiger partial charge in [-0.2, -0.15) is 4.98 Å². The summed E-state index contributed by atoms with van der Waals surface area (Å²) in [6.07, 6.45) is 5.71. The number of rotatable bonds is 3. The first kappa shape index (κ1) is 10.5. The van der Waals surface area contributed by atoms with Gasteiger partial charge in [-0.15, -0.1) is 0 Å². The van der Waals surface area contributed by atoms with Crippen LogP contribution >= 0.6 is 0 Å². The predicted molar refractivity (Wildman–Crippen MR) is 64.9 cm³/mol. The van der Waals surface area contributed by atoms with Gasteiger partial charge in [-0.05, 0) is 24.3 Å². The molecule has 3 aromatic heterocycles. The van der Waals surface area contributed by atoms with E-state index < -0.39 is 0 Å². The van der Waals surface area contributed by atoms with Crippen LogP contribution in [-0.2, 0) is 0 Å². The van der Waals surface area contributed by atoms with Crippen molar-refractivity contribution in [3.05, 3.63) is 54.6 Å². The van der Waals surface area contributed by atoms with Crippen molar-refractivity contribution in [2.45, 2.75) is 0 Å². The minimum Gasteiger partial charge on any atom is -0.435 e. The molecular formula is C13H9N3O2. The van der Waals surface area contributed by atoms with Crippen LogP contribution < -0.4 is 4.74 Å². The van der Waals surface area contributed by atoms with Crippen LogP contribution in [0.2, 0.25) is 0 Å². The smallest absolute Gasteiger partial charge is 0.249 e. The number of carbonyl (C=O) groups is 1. The molecule has 3 aromatic rings. The van der Waals surface area contributed by atoms with Gasteiger partial charge in [-0.25, -0.2) is 0 Å². The van der Waals surface area contributed by atoms with E-state index in [2.05, 4.69) is 9.97 Å². The highest BCUT2D eigenvalue weighted by Crippen LogP contribution is 2.23. The molecular weight excluding hydrogens is 230 g/mol. The molecule has 88 valence electrons. The van der Waals surface area contributed by atoms with Gasteiger partial charge in [0.05, 0.1) is 6.20 Å². The van der Waals surface area contributed by atoms with Crippen LogP contribution in [0.4, 0.5) is 0 Å². The molecule has 0 aromatic carbocycles. The van der Waals surface area contributed by atoms with Gasteiger partial charge in [0.15, 0.2) is 12.0 Å². The van der Waals surface area contributed by atoms with Crippen molar-refractivity contribution < 1.29 is 9.53 Å². The van der Waals surface area contributed by atoms with Crippen molar-refractivity contribution in [2.24, 2.45) is 0 Å². The predicted octanol–water partition coefficient (Wildman–Crippen LogP) is 2.33. The Balaban J connectivity index is 2.09. The zero-order valence-corrected chi connectivity index (χ0v) is 9.35.